The second kappa shape index (κ2) is 4.34. The average molecular weight is 283 g/mol. The number of fused-ring (bicyclic) bond motifs is 1. The number of hydrogen-bond acceptors (Lipinski definition) is 0. The minimum Gasteiger partial charge on any atom is -0.0622 e. The number of rotatable bonds is 1. The molecular formula is C16H11Br. The van der Waals surface area contributed by atoms with Gasteiger partial charge in [-0.05, 0) is 34.0 Å². The van der Waals surface area contributed by atoms with Crippen molar-refractivity contribution in [3.05, 3.63) is 71.2 Å². The Bertz CT molecular complexity index is 657. The van der Waals surface area contributed by atoms with Crippen LogP contribution in [-0.2, 0) is 0 Å². The Morgan fingerprint density at radius 3 is 2.18 bits per heavy atom. The molecule has 0 amide bonds. The van der Waals surface area contributed by atoms with Crippen LogP contribution < -0.4 is 0 Å². The van der Waals surface area contributed by atoms with E-state index in [0.29, 0.717) is 0 Å². The van der Waals surface area contributed by atoms with Crippen molar-refractivity contribution in [2.75, 3.05) is 0 Å². The fourth-order valence-electron chi connectivity index (χ4n) is 2.06. The Labute approximate surface area is 109 Å². The Balaban J connectivity index is 2.26. The fourth-order valence-corrected chi connectivity index (χ4v) is 2.67. The Morgan fingerprint density at radius 2 is 1.35 bits per heavy atom. The highest BCUT2D eigenvalue weighted by Crippen LogP contribution is 2.30. The molecule has 1 heteroatoms. The van der Waals surface area contributed by atoms with E-state index in [0.717, 1.165) is 4.47 Å². The maximum Gasteiger partial charge on any atom is 0.0259 e. The molecule has 0 bridgehead atoms. The summed E-state index contributed by atoms with van der Waals surface area (Å²) >= 11 is 3.64. The molecule has 0 saturated heterocycles. The molecule has 17 heavy (non-hydrogen) atoms. The quantitative estimate of drug-likeness (QED) is 0.570. The molecule has 0 aliphatic carbocycles. The lowest BCUT2D eigenvalue weighted by atomic mass is 10.0. The fraction of sp³-hybridized carbons (Fsp3) is 0. The van der Waals surface area contributed by atoms with E-state index in [1.165, 1.54) is 21.9 Å². The summed E-state index contributed by atoms with van der Waals surface area (Å²) in [6.45, 7) is 0. The van der Waals surface area contributed by atoms with E-state index in [1.807, 2.05) is 6.07 Å². The SMILES string of the molecule is Brc1cc(-c2ccccc2)cc2ccccc12. The maximum atomic E-state index is 3.64. The topological polar surface area (TPSA) is 0 Å². The van der Waals surface area contributed by atoms with Gasteiger partial charge in [0.2, 0.25) is 0 Å². The van der Waals surface area contributed by atoms with Crippen LogP contribution in [0.4, 0.5) is 0 Å². The molecule has 0 saturated carbocycles. The highest BCUT2D eigenvalue weighted by molar-refractivity contribution is 9.10. The van der Waals surface area contributed by atoms with E-state index in [-0.39, 0.29) is 0 Å². The van der Waals surface area contributed by atoms with Crippen LogP contribution in [0.3, 0.4) is 0 Å². The van der Waals surface area contributed by atoms with Gasteiger partial charge in [-0.15, -0.1) is 0 Å². The van der Waals surface area contributed by atoms with Crippen LogP contribution in [0.5, 0.6) is 0 Å². The first-order valence-electron chi connectivity index (χ1n) is 5.58. The molecule has 3 aromatic rings. The normalized spacial score (nSPS) is 10.6. The summed E-state index contributed by atoms with van der Waals surface area (Å²) < 4.78 is 1.15. The predicted molar refractivity (Wildman–Crippen MR) is 77.1 cm³/mol. The minimum atomic E-state index is 1.15. The largest absolute Gasteiger partial charge is 0.0622 e. The summed E-state index contributed by atoms with van der Waals surface area (Å²) in [5, 5.41) is 2.52. The van der Waals surface area contributed by atoms with Crippen molar-refractivity contribution in [1.29, 1.82) is 0 Å². The highest BCUT2D eigenvalue weighted by atomic mass is 79.9. The van der Waals surface area contributed by atoms with Crippen LogP contribution >= 0.6 is 15.9 Å². The van der Waals surface area contributed by atoms with Gasteiger partial charge in [-0.3, -0.25) is 0 Å². The van der Waals surface area contributed by atoms with Gasteiger partial charge in [-0.2, -0.15) is 0 Å². The first kappa shape index (κ1) is 10.5. The van der Waals surface area contributed by atoms with Crippen molar-refractivity contribution in [2.24, 2.45) is 0 Å². The van der Waals surface area contributed by atoms with Crippen LogP contribution in [0.15, 0.2) is 71.2 Å². The molecule has 82 valence electrons. The maximum absolute atomic E-state index is 3.64. The lowest BCUT2D eigenvalue weighted by molar-refractivity contribution is 1.63. The summed E-state index contributed by atoms with van der Waals surface area (Å²) in [5.41, 5.74) is 2.50. The molecule has 0 atom stereocenters. The van der Waals surface area contributed by atoms with E-state index in [1.54, 1.807) is 0 Å². The van der Waals surface area contributed by atoms with E-state index >= 15 is 0 Å². The van der Waals surface area contributed by atoms with Gasteiger partial charge in [-0.1, -0.05) is 70.5 Å². The minimum absolute atomic E-state index is 1.15. The molecule has 0 N–H and O–H groups in total. The van der Waals surface area contributed by atoms with Crippen LogP contribution in [0, 0.1) is 0 Å². The smallest absolute Gasteiger partial charge is 0.0259 e. The molecule has 0 aliphatic rings. The first-order valence-corrected chi connectivity index (χ1v) is 6.37. The molecule has 0 radical (unpaired) electrons. The van der Waals surface area contributed by atoms with E-state index in [9.17, 15) is 0 Å². The third-order valence-corrected chi connectivity index (χ3v) is 3.57. The predicted octanol–water partition coefficient (Wildman–Crippen LogP) is 5.27. The highest BCUT2D eigenvalue weighted by Gasteiger charge is 2.02. The Morgan fingerprint density at radius 1 is 0.647 bits per heavy atom. The first-order chi connectivity index (χ1) is 8.34. The third-order valence-electron chi connectivity index (χ3n) is 2.92. The van der Waals surface area contributed by atoms with Gasteiger partial charge in [0, 0.05) is 4.47 Å². The van der Waals surface area contributed by atoms with Gasteiger partial charge >= 0.3 is 0 Å². The molecule has 0 aromatic heterocycles. The standard InChI is InChI=1S/C16H11Br/c17-16-11-14(12-6-2-1-3-7-12)10-13-8-4-5-9-15(13)16/h1-11H. The zero-order valence-electron chi connectivity index (χ0n) is 9.23. The zero-order valence-corrected chi connectivity index (χ0v) is 10.8. The van der Waals surface area contributed by atoms with Gasteiger partial charge in [0.15, 0.2) is 0 Å². The molecule has 0 nitrogen and oxygen atoms in total. The summed E-state index contributed by atoms with van der Waals surface area (Å²) in [7, 11) is 0. The van der Waals surface area contributed by atoms with Gasteiger partial charge in [0.1, 0.15) is 0 Å². The van der Waals surface area contributed by atoms with Crippen molar-refractivity contribution >= 4 is 26.7 Å². The van der Waals surface area contributed by atoms with Gasteiger partial charge < -0.3 is 0 Å². The monoisotopic (exact) mass is 282 g/mol. The molecular weight excluding hydrogens is 272 g/mol. The van der Waals surface area contributed by atoms with Crippen LogP contribution in [0.25, 0.3) is 21.9 Å². The summed E-state index contributed by atoms with van der Waals surface area (Å²) in [6.07, 6.45) is 0. The molecule has 0 aliphatic heterocycles. The second-order valence-corrected chi connectivity index (χ2v) is 4.90. The molecule has 0 spiro atoms. The molecule has 0 heterocycles. The van der Waals surface area contributed by atoms with Crippen molar-refractivity contribution in [3.63, 3.8) is 0 Å². The van der Waals surface area contributed by atoms with E-state index < -0.39 is 0 Å². The van der Waals surface area contributed by atoms with Crippen LogP contribution in [-0.4, -0.2) is 0 Å². The number of benzene rings is 3. The lowest BCUT2D eigenvalue weighted by Gasteiger charge is -2.06. The molecule has 0 fully saturated rings. The Kier molecular flexibility index (Phi) is 2.69. The third kappa shape index (κ3) is 1.98. The Hall–Kier alpha value is -1.60. The van der Waals surface area contributed by atoms with Crippen molar-refractivity contribution in [1.82, 2.24) is 0 Å². The number of hydrogen-bond donors (Lipinski definition) is 0. The molecule has 3 aromatic carbocycles. The van der Waals surface area contributed by atoms with Crippen molar-refractivity contribution in [3.8, 4) is 11.1 Å². The average Bonchev–Trinajstić information content (AvgIpc) is 2.40. The van der Waals surface area contributed by atoms with Gasteiger partial charge in [0.05, 0.1) is 0 Å². The van der Waals surface area contributed by atoms with E-state index in [4.69, 9.17) is 0 Å². The lowest BCUT2D eigenvalue weighted by Crippen LogP contribution is -1.80. The second-order valence-electron chi connectivity index (χ2n) is 4.05. The van der Waals surface area contributed by atoms with Gasteiger partial charge in [0.25, 0.3) is 0 Å². The summed E-state index contributed by atoms with van der Waals surface area (Å²) in [6, 6.07) is 23.3. The molecule has 0 unspecified atom stereocenters. The van der Waals surface area contributed by atoms with Gasteiger partial charge in [-0.25, -0.2) is 0 Å². The van der Waals surface area contributed by atoms with Crippen molar-refractivity contribution in [2.45, 2.75) is 0 Å². The summed E-state index contributed by atoms with van der Waals surface area (Å²) in [5.74, 6) is 0. The van der Waals surface area contributed by atoms with Crippen LogP contribution in [0.2, 0.25) is 0 Å². The summed E-state index contributed by atoms with van der Waals surface area (Å²) in [4.78, 5) is 0. The van der Waals surface area contributed by atoms with Crippen molar-refractivity contribution < 1.29 is 0 Å². The van der Waals surface area contributed by atoms with Crippen LogP contribution in [0.1, 0.15) is 0 Å². The zero-order chi connectivity index (χ0) is 11.7. The number of halogens is 1. The molecule has 3 rings (SSSR count). The van der Waals surface area contributed by atoms with E-state index in [2.05, 4.69) is 76.6 Å².